The summed E-state index contributed by atoms with van der Waals surface area (Å²) in [4.78, 5) is 29.7. The third-order valence-electron chi connectivity index (χ3n) is 6.16. The Kier molecular flexibility index (Phi) is 6.32. The maximum absolute atomic E-state index is 14.1. The number of phenols is 1. The summed E-state index contributed by atoms with van der Waals surface area (Å²) < 4.78 is 0. The van der Waals surface area contributed by atoms with Gasteiger partial charge in [0.15, 0.2) is 5.78 Å². The standard InChI is InChI=1S/C30H23ClN2O3/c1-19-11-13-20(14-12-19)29(35)26-27(32-21-7-3-2-4-8-21)30(36)33(22-15-17-23(34)18-16-22)28(26)24-9-5-6-10-25(24)31/h2-18,28,32,34H,1H3. The van der Waals surface area contributed by atoms with E-state index in [1.165, 1.54) is 12.1 Å². The van der Waals surface area contributed by atoms with Gasteiger partial charge in [0.2, 0.25) is 0 Å². The molecule has 1 amide bonds. The predicted octanol–water partition coefficient (Wildman–Crippen LogP) is 6.69. The number of rotatable bonds is 6. The number of aromatic hydroxyl groups is 1. The number of hydrogen-bond donors (Lipinski definition) is 2. The SMILES string of the molecule is Cc1ccc(C(=O)C2=C(Nc3ccccc3)C(=O)N(c3ccc(O)cc3)C2c2ccccc2Cl)cc1. The number of aryl methyl sites for hydroxylation is 1. The van der Waals surface area contributed by atoms with Gasteiger partial charge >= 0.3 is 0 Å². The minimum absolute atomic E-state index is 0.0752. The molecule has 0 radical (unpaired) electrons. The molecule has 178 valence electrons. The van der Waals surface area contributed by atoms with E-state index < -0.39 is 6.04 Å². The third-order valence-corrected chi connectivity index (χ3v) is 6.51. The lowest BCUT2D eigenvalue weighted by Crippen LogP contribution is -2.31. The summed E-state index contributed by atoms with van der Waals surface area (Å²) >= 11 is 6.64. The molecule has 0 saturated carbocycles. The molecule has 0 fully saturated rings. The molecule has 1 aliphatic heterocycles. The molecule has 1 atom stereocenters. The van der Waals surface area contributed by atoms with E-state index in [4.69, 9.17) is 11.6 Å². The quantitative estimate of drug-likeness (QED) is 0.293. The first-order valence-corrected chi connectivity index (χ1v) is 11.9. The van der Waals surface area contributed by atoms with Crippen LogP contribution in [0.4, 0.5) is 11.4 Å². The van der Waals surface area contributed by atoms with Crippen LogP contribution in [0.5, 0.6) is 5.75 Å². The molecule has 4 aromatic carbocycles. The van der Waals surface area contributed by atoms with Crippen molar-refractivity contribution in [1.82, 2.24) is 0 Å². The second-order valence-corrected chi connectivity index (χ2v) is 9.00. The fraction of sp³-hybridized carbons (Fsp3) is 0.0667. The van der Waals surface area contributed by atoms with Crippen molar-refractivity contribution in [2.75, 3.05) is 10.2 Å². The topological polar surface area (TPSA) is 69.6 Å². The number of ketones is 1. The van der Waals surface area contributed by atoms with Crippen molar-refractivity contribution in [1.29, 1.82) is 0 Å². The van der Waals surface area contributed by atoms with E-state index in [2.05, 4.69) is 5.32 Å². The number of anilines is 2. The van der Waals surface area contributed by atoms with Gasteiger partial charge in [-0.25, -0.2) is 0 Å². The summed E-state index contributed by atoms with van der Waals surface area (Å²) in [6.45, 7) is 1.95. The summed E-state index contributed by atoms with van der Waals surface area (Å²) in [7, 11) is 0. The minimum Gasteiger partial charge on any atom is -0.508 e. The molecule has 1 heterocycles. The molecule has 1 aliphatic rings. The lowest BCUT2D eigenvalue weighted by atomic mass is 9.91. The van der Waals surface area contributed by atoms with E-state index in [0.29, 0.717) is 33.1 Å². The lowest BCUT2D eigenvalue weighted by molar-refractivity contribution is -0.114. The fourth-order valence-electron chi connectivity index (χ4n) is 4.37. The molecule has 0 aliphatic carbocycles. The van der Waals surface area contributed by atoms with E-state index >= 15 is 0 Å². The highest BCUT2D eigenvalue weighted by molar-refractivity contribution is 6.32. The number of amides is 1. The molecule has 0 bridgehead atoms. The molecule has 1 unspecified atom stereocenters. The molecule has 4 aromatic rings. The smallest absolute Gasteiger partial charge is 0.276 e. The van der Waals surface area contributed by atoms with Crippen LogP contribution in [0.3, 0.4) is 0 Å². The van der Waals surface area contributed by atoms with Gasteiger partial charge in [-0.3, -0.25) is 14.5 Å². The summed E-state index contributed by atoms with van der Waals surface area (Å²) in [5.41, 5.74) is 3.82. The van der Waals surface area contributed by atoms with Gasteiger partial charge in [-0.05, 0) is 55.0 Å². The average Bonchev–Trinajstić information content (AvgIpc) is 3.17. The van der Waals surface area contributed by atoms with Gasteiger partial charge in [0.25, 0.3) is 5.91 Å². The van der Waals surface area contributed by atoms with Crippen molar-refractivity contribution >= 4 is 34.7 Å². The monoisotopic (exact) mass is 494 g/mol. The first-order chi connectivity index (χ1) is 17.4. The van der Waals surface area contributed by atoms with Gasteiger partial charge in [-0.2, -0.15) is 0 Å². The minimum atomic E-state index is -0.782. The Labute approximate surface area is 214 Å². The highest BCUT2D eigenvalue weighted by Crippen LogP contribution is 2.45. The Morgan fingerprint density at radius 3 is 2.17 bits per heavy atom. The van der Waals surface area contributed by atoms with Crippen LogP contribution in [0.2, 0.25) is 5.02 Å². The highest BCUT2D eigenvalue weighted by Gasteiger charge is 2.45. The van der Waals surface area contributed by atoms with Gasteiger partial charge in [0, 0.05) is 22.0 Å². The number of nitrogens with one attached hydrogen (secondary N) is 1. The zero-order valence-corrected chi connectivity index (χ0v) is 20.2. The zero-order chi connectivity index (χ0) is 25.2. The Morgan fingerprint density at radius 2 is 1.50 bits per heavy atom. The van der Waals surface area contributed by atoms with E-state index in [9.17, 15) is 14.7 Å². The maximum atomic E-state index is 14.1. The van der Waals surface area contributed by atoms with E-state index in [-0.39, 0.29) is 23.1 Å². The number of halogens is 1. The second kappa shape index (κ2) is 9.72. The molecule has 2 N–H and O–H groups in total. The van der Waals surface area contributed by atoms with E-state index in [1.807, 2.05) is 67.6 Å². The second-order valence-electron chi connectivity index (χ2n) is 8.59. The first-order valence-electron chi connectivity index (χ1n) is 11.5. The molecule has 0 spiro atoms. The van der Waals surface area contributed by atoms with Crippen molar-refractivity contribution in [3.8, 4) is 5.75 Å². The maximum Gasteiger partial charge on any atom is 0.276 e. The number of para-hydroxylation sites is 1. The van der Waals surface area contributed by atoms with E-state index in [0.717, 1.165) is 5.56 Å². The predicted molar refractivity (Wildman–Crippen MR) is 142 cm³/mol. The number of benzene rings is 4. The third kappa shape index (κ3) is 4.37. The van der Waals surface area contributed by atoms with Crippen molar-refractivity contribution in [3.05, 3.63) is 136 Å². The Morgan fingerprint density at radius 1 is 0.861 bits per heavy atom. The van der Waals surface area contributed by atoms with Crippen LogP contribution >= 0.6 is 11.6 Å². The molecule has 5 nitrogen and oxygen atoms in total. The number of carbonyl (C=O) groups is 2. The summed E-state index contributed by atoms with van der Waals surface area (Å²) in [6.07, 6.45) is 0. The first kappa shape index (κ1) is 23.4. The summed E-state index contributed by atoms with van der Waals surface area (Å²) in [5, 5.41) is 13.5. The normalized spacial score (nSPS) is 15.3. The van der Waals surface area contributed by atoms with Crippen LogP contribution in [0, 0.1) is 6.92 Å². The largest absolute Gasteiger partial charge is 0.508 e. The molecule has 0 saturated heterocycles. The van der Waals surface area contributed by atoms with Gasteiger partial charge in [-0.1, -0.05) is 77.8 Å². The zero-order valence-electron chi connectivity index (χ0n) is 19.5. The number of hydrogen-bond acceptors (Lipinski definition) is 4. The van der Waals surface area contributed by atoms with Crippen molar-refractivity contribution in [2.24, 2.45) is 0 Å². The lowest BCUT2D eigenvalue weighted by Gasteiger charge is -2.28. The van der Waals surface area contributed by atoms with Crippen molar-refractivity contribution in [2.45, 2.75) is 13.0 Å². The van der Waals surface area contributed by atoms with Gasteiger partial charge in [0.1, 0.15) is 11.4 Å². The molecule has 36 heavy (non-hydrogen) atoms. The van der Waals surface area contributed by atoms with Gasteiger partial charge in [-0.15, -0.1) is 0 Å². The van der Waals surface area contributed by atoms with Gasteiger partial charge in [0.05, 0.1) is 11.6 Å². The average molecular weight is 495 g/mol. The molecular weight excluding hydrogens is 472 g/mol. The summed E-state index contributed by atoms with van der Waals surface area (Å²) in [6, 6.07) is 29.3. The van der Waals surface area contributed by atoms with Crippen LogP contribution in [0.25, 0.3) is 0 Å². The Balaban J connectivity index is 1.74. The van der Waals surface area contributed by atoms with Crippen LogP contribution in [0.15, 0.2) is 114 Å². The summed E-state index contributed by atoms with van der Waals surface area (Å²) in [5.74, 6) is -0.566. The van der Waals surface area contributed by atoms with Gasteiger partial charge < -0.3 is 10.4 Å². The highest BCUT2D eigenvalue weighted by atomic mass is 35.5. The Bertz CT molecular complexity index is 1460. The van der Waals surface area contributed by atoms with Crippen LogP contribution < -0.4 is 10.2 Å². The molecule has 0 aromatic heterocycles. The van der Waals surface area contributed by atoms with Crippen molar-refractivity contribution < 1.29 is 14.7 Å². The molecular formula is C30H23ClN2O3. The molecule has 6 heteroatoms. The van der Waals surface area contributed by atoms with Crippen LogP contribution in [0.1, 0.15) is 27.5 Å². The Hall–Kier alpha value is -4.35. The van der Waals surface area contributed by atoms with Crippen LogP contribution in [-0.4, -0.2) is 16.8 Å². The fourth-order valence-corrected chi connectivity index (χ4v) is 4.61. The van der Waals surface area contributed by atoms with E-state index in [1.54, 1.807) is 35.2 Å². The number of carbonyl (C=O) groups excluding carboxylic acids is 2. The number of phenolic OH excluding ortho intramolecular Hbond substituents is 1. The number of Topliss-reactive ketones (excluding diaryl/α,β-unsaturated/α-hetero) is 1. The number of nitrogens with zero attached hydrogens (tertiary/aromatic N) is 1. The van der Waals surface area contributed by atoms with Crippen molar-refractivity contribution in [3.63, 3.8) is 0 Å². The molecule has 5 rings (SSSR count). The van der Waals surface area contributed by atoms with Crippen LogP contribution in [-0.2, 0) is 4.79 Å².